The number of carbonyl (C=O) groups is 1. The van der Waals surface area contributed by atoms with Crippen molar-refractivity contribution in [1.82, 2.24) is 25.3 Å². The molecule has 1 saturated heterocycles. The van der Waals surface area contributed by atoms with Gasteiger partial charge in [-0.25, -0.2) is 14.1 Å². The summed E-state index contributed by atoms with van der Waals surface area (Å²) in [4.78, 5) is 16.9. The number of rotatable bonds is 7. The number of pyridine rings is 1. The summed E-state index contributed by atoms with van der Waals surface area (Å²) in [6.07, 6.45) is 4.96. The molecule has 0 spiro atoms. The molecule has 0 bridgehead atoms. The lowest BCUT2D eigenvalue weighted by atomic mass is 9.99. The zero-order chi connectivity index (χ0) is 24.2. The van der Waals surface area contributed by atoms with Crippen LogP contribution in [0.5, 0.6) is 0 Å². The number of amides is 1. The highest BCUT2D eigenvalue weighted by Crippen LogP contribution is 2.31. The van der Waals surface area contributed by atoms with Gasteiger partial charge in [0, 0.05) is 24.8 Å². The average molecular weight is 493 g/mol. The molecule has 3 heterocycles. The van der Waals surface area contributed by atoms with Gasteiger partial charge < -0.3 is 10.6 Å². The molecule has 0 saturated carbocycles. The Hall–Kier alpha value is -3.36. The lowest BCUT2D eigenvalue weighted by molar-refractivity contribution is -0.120. The Balaban J connectivity index is 1.33. The maximum Gasteiger partial charge on any atom is 0.229 e. The standard InChI is InChI=1S/C26H26ClFN6O/c27-22-16-30-25(31-26(35)19-6-2-10-29-15-19)14-21(22)18-8-9-23-24(13-18)34(33-32-23)11-3-5-17-4-1-7-20(28)12-17/h1,4,7-9,12-14,16,19,29H,2-3,5-6,10-11,15H2,(H,30,31,35)/t19-/m1/s1. The van der Waals surface area contributed by atoms with Crippen molar-refractivity contribution in [2.24, 2.45) is 5.92 Å². The van der Waals surface area contributed by atoms with E-state index in [1.54, 1.807) is 24.4 Å². The largest absolute Gasteiger partial charge is 0.316 e. The second kappa shape index (κ2) is 10.5. The highest BCUT2D eigenvalue weighted by Gasteiger charge is 2.21. The molecule has 180 valence electrons. The molecule has 2 aromatic heterocycles. The molecule has 0 aliphatic carbocycles. The van der Waals surface area contributed by atoms with E-state index in [4.69, 9.17) is 11.6 Å². The van der Waals surface area contributed by atoms with Crippen LogP contribution in [0.2, 0.25) is 5.02 Å². The van der Waals surface area contributed by atoms with Crippen LogP contribution in [0, 0.1) is 11.7 Å². The van der Waals surface area contributed by atoms with E-state index in [-0.39, 0.29) is 17.6 Å². The van der Waals surface area contributed by atoms with Crippen LogP contribution in [0.3, 0.4) is 0 Å². The lowest BCUT2D eigenvalue weighted by Crippen LogP contribution is -2.37. The molecule has 35 heavy (non-hydrogen) atoms. The van der Waals surface area contributed by atoms with E-state index in [0.717, 1.165) is 60.0 Å². The molecule has 0 radical (unpaired) electrons. The second-order valence-corrected chi connectivity index (χ2v) is 9.24. The molecule has 1 aliphatic rings. The van der Waals surface area contributed by atoms with E-state index >= 15 is 0 Å². The van der Waals surface area contributed by atoms with Gasteiger partial charge >= 0.3 is 0 Å². The minimum absolute atomic E-state index is 0.0333. The summed E-state index contributed by atoms with van der Waals surface area (Å²) < 4.78 is 15.3. The number of fused-ring (bicyclic) bond motifs is 1. The van der Waals surface area contributed by atoms with Crippen molar-refractivity contribution in [2.75, 3.05) is 18.4 Å². The van der Waals surface area contributed by atoms with Gasteiger partial charge in [0.2, 0.25) is 5.91 Å². The predicted octanol–water partition coefficient (Wildman–Crippen LogP) is 4.86. The van der Waals surface area contributed by atoms with Gasteiger partial charge in [0.25, 0.3) is 0 Å². The van der Waals surface area contributed by atoms with Gasteiger partial charge in [-0.2, -0.15) is 0 Å². The fraction of sp³-hybridized carbons (Fsp3) is 0.308. The normalized spacial score (nSPS) is 15.9. The zero-order valence-electron chi connectivity index (χ0n) is 19.2. The van der Waals surface area contributed by atoms with Crippen molar-refractivity contribution in [3.05, 3.63) is 71.1 Å². The van der Waals surface area contributed by atoms with Crippen molar-refractivity contribution in [3.63, 3.8) is 0 Å². The van der Waals surface area contributed by atoms with E-state index in [9.17, 15) is 9.18 Å². The molecule has 1 aliphatic heterocycles. The number of nitrogens with zero attached hydrogens (tertiary/aromatic N) is 4. The van der Waals surface area contributed by atoms with Crippen LogP contribution in [-0.4, -0.2) is 39.0 Å². The summed E-state index contributed by atoms with van der Waals surface area (Å²) in [7, 11) is 0. The Morgan fingerprint density at radius 3 is 2.97 bits per heavy atom. The van der Waals surface area contributed by atoms with Crippen LogP contribution < -0.4 is 10.6 Å². The Bertz CT molecular complexity index is 1350. The summed E-state index contributed by atoms with van der Waals surface area (Å²) in [6, 6.07) is 14.3. The smallest absolute Gasteiger partial charge is 0.229 e. The summed E-state index contributed by atoms with van der Waals surface area (Å²) >= 11 is 6.49. The molecular formula is C26H26ClFN6O. The van der Waals surface area contributed by atoms with Gasteiger partial charge in [-0.1, -0.05) is 35.0 Å². The number of hydrogen-bond donors (Lipinski definition) is 2. The van der Waals surface area contributed by atoms with Gasteiger partial charge in [0.05, 0.1) is 16.5 Å². The minimum Gasteiger partial charge on any atom is -0.316 e. The maximum atomic E-state index is 13.4. The van der Waals surface area contributed by atoms with Gasteiger partial charge in [-0.05, 0) is 73.7 Å². The number of benzene rings is 2. The summed E-state index contributed by atoms with van der Waals surface area (Å²) in [5.41, 5.74) is 4.27. The first kappa shape index (κ1) is 23.4. The third-order valence-corrected chi connectivity index (χ3v) is 6.62. The second-order valence-electron chi connectivity index (χ2n) is 8.83. The highest BCUT2D eigenvalue weighted by atomic mass is 35.5. The van der Waals surface area contributed by atoms with Crippen LogP contribution in [0.4, 0.5) is 10.2 Å². The van der Waals surface area contributed by atoms with E-state index in [1.807, 2.05) is 28.9 Å². The number of piperidine rings is 1. The van der Waals surface area contributed by atoms with Crippen LogP contribution in [0.15, 0.2) is 54.7 Å². The van der Waals surface area contributed by atoms with Crippen LogP contribution in [-0.2, 0) is 17.8 Å². The quantitative estimate of drug-likeness (QED) is 0.385. The van der Waals surface area contributed by atoms with Crippen molar-refractivity contribution >= 4 is 34.4 Å². The first-order valence-corrected chi connectivity index (χ1v) is 12.2. The van der Waals surface area contributed by atoms with Gasteiger partial charge in [-0.15, -0.1) is 5.10 Å². The summed E-state index contributed by atoms with van der Waals surface area (Å²) in [6.45, 7) is 2.28. The number of hydrogen-bond acceptors (Lipinski definition) is 5. The zero-order valence-corrected chi connectivity index (χ0v) is 19.9. The molecule has 2 aromatic carbocycles. The van der Waals surface area contributed by atoms with Gasteiger partial charge in [-0.3, -0.25) is 4.79 Å². The maximum absolute atomic E-state index is 13.4. The Kier molecular flexibility index (Phi) is 7.01. The number of nitrogens with one attached hydrogen (secondary N) is 2. The van der Waals surface area contributed by atoms with E-state index in [2.05, 4.69) is 25.9 Å². The number of halogens is 2. The molecule has 4 aromatic rings. The van der Waals surface area contributed by atoms with Gasteiger partial charge in [0.15, 0.2) is 0 Å². The lowest BCUT2D eigenvalue weighted by Gasteiger charge is -2.21. The third kappa shape index (κ3) is 5.49. The molecule has 7 nitrogen and oxygen atoms in total. The van der Waals surface area contributed by atoms with Crippen molar-refractivity contribution in [2.45, 2.75) is 32.2 Å². The van der Waals surface area contributed by atoms with Crippen molar-refractivity contribution < 1.29 is 9.18 Å². The SMILES string of the molecule is O=C(Nc1cc(-c2ccc3nnn(CCCc4cccc(F)c4)c3c2)c(Cl)cn1)[C@@H]1CCCNC1. The fourth-order valence-corrected chi connectivity index (χ4v) is 4.67. The Labute approximate surface area is 207 Å². The fourth-order valence-electron chi connectivity index (χ4n) is 4.46. The number of carbonyl (C=O) groups excluding carboxylic acids is 1. The first-order valence-electron chi connectivity index (χ1n) is 11.8. The highest BCUT2D eigenvalue weighted by molar-refractivity contribution is 6.33. The number of anilines is 1. The van der Waals surface area contributed by atoms with Crippen LogP contribution >= 0.6 is 11.6 Å². The number of aryl methyl sites for hydroxylation is 2. The summed E-state index contributed by atoms with van der Waals surface area (Å²) in [5, 5.41) is 15.3. The predicted molar refractivity (Wildman–Crippen MR) is 135 cm³/mol. The third-order valence-electron chi connectivity index (χ3n) is 6.32. The minimum atomic E-state index is -0.224. The van der Waals surface area contributed by atoms with Crippen molar-refractivity contribution in [1.29, 1.82) is 0 Å². The molecule has 1 atom stereocenters. The van der Waals surface area contributed by atoms with Gasteiger partial charge in [0.1, 0.15) is 17.2 Å². The van der Waals surface area contributed by atoms with Crippen molar-refractivity contribution in [3.8, 4) is 11.1 Å². The topological polar surface area (TPSA) is 84.7 Å². The molecule has 0 unspecified atom stereocenters. The van der Waals surface area contributed by atoms with E-state index in [1.165, 1.54) is 6.07 Å². The Morgan fingerprint density at radius 2 is 2.14 bits per heavy atom. The molecule has 5 rings (SSSR count). The molecule has 1 amide bonds. The average Bonchev–Trinajstić information content (AvgIpc) is 3.28. The molecule has 2 N–H and O–H groups in total. The number of aromatic nitrogens is 4. The molecule has 9 heteroatoms. The molecular weight excluding hydrogens is 467 g/mol. The van der Waals surface area contributed by atoms with Crippen LogP contribution in [0.1, 0.15) is 24.8 Å². The monoisotopic (exact) mass is 492 g/mol. The van der Waals surface area contributed by atoms with E-state index < -0.39 is 0 Å². The Morgan fingerprint density at radius 1 is 1.23 bits per heavy atom. The first-order chi connectivity index (χ1) is 17.1. The molecule has 1 fully saturated rings. The summed E-state index contributed by atoms with van der Waals surface area (Å²) in [5.74, 6) is 0.156. The van der Waals surface area contributed by atoms with E-state index in [0.29, 0.717) is 23.9 Å². The van der Waals surface area contributed by atoms with Crippen LogP contribution in [0.25, 0.3) is 22.2 Å².